The van der Waals surface area contributed by atoms with E-state index in [1.54, 1.807) is 48.0 Å². The number of amides is 7. The highest BCUT2D eigenvalue weighted by Gasteiger charge is 2.43. The van der Waals surface area contributed by atoms with E-state index in [0.717, 1.165) is 31.2 Å². The topological polar surface area (TPSA) is 249 Å². The molecule has 6 unspecified atom stereocenters. The van der Waals surface area contributed by atoms with Crippen molar-refractivity contribution in [3.05, 3.63) is 35.9 Å². The molecular formula is C51H82N6O14. The van der Waals surface area contributed by atoms with Gasteiger partial charge in [0, 0.05) is 53.5 Å². The number of nitrogens with zero attached hydrogens (tertiary/aromatic N) is 3. The van der Waals surface area contributed by atoms with Crippen molar-refractivity contribution in [3.8, 4) is 0 Å². The largest absolute Gasteiger partial charge is 0.480 e. The summed E-state index contributed by atoms with van der Waals surface area (Å²) in [4.78, 5) is 107. The fourth-order valence-corrected chi connectivity index (χ4v) is 9.31. The lowest BCUT2D eigenvalue weighted by Gasteiger charge is -2.39. The van der Waals surface area contributed by atoms with Crippen molar-refractivity contribution in [2.24, 2.45) is 11.8 Å². The predicted octanol–water partition coefficient (Wildman–Crippen LogP) is 2.88. The zero-order valence-electron chi connectivity index (χ0n) is 43.4. The number of hydrogen-bond acceptors (Lipinski definition) is 13. The molecule has 0 bridgehead atoms. The molecule has 400 valence electrons. The summed E-state index contributed by atoms with van der Waals surface area (Å²) in [5, 5.41) is 17.9. The van der Waals surface area contributed by atoms with Gasteiger partial charge in [-0.3, -0.25) is 38.5 Å². The zero-order valence-corrected chi connectivity index (χ0v) is 43.4. The van der Waals surface area contributed by atoms with Gasteiger partial charge in [-0.1, -0.05) is 70.4 Å². The number of imide groups is 1. The van der Waals surface area contributed by atoms with E-state index in [1.165, 1.54) is 39.4 Å². The third-order valence-corrected chi connectivity index (χ3v) is 13.1. The van der Waals surface area contributed by atoms with Crippen LogP contribution in [0.2, 0.25) is 0 Å². The lowest BCUT2D eigenvalue weighted by atomic mass is 9.89. The highest BCUT2D eigenvalue weighted by molar-refractivity contribution is 6.02. The molecule has 71 heavy (non-hydrogen) atoms. The van der Waals surface area contributed by atoms with Crippen molar-refractivity contribution >= 4 is 47.3 Å². The predicted molar refractivity (Wildman–Crippen MR) is 263 cm³/mol. The molecule has 4 rings (SSSR count). The van der Waals surface area contributed by atoms with Crippen LogP contribution >= 0.6 is 0 Å². The van der Waals surface area contributed by atoms with Crippen LogP contribution in [0.1, 0.15) is 111 Å². The highest BCUT2D eigenvalue weighted by Crippen LogP contribution is 2.34. The zero-order chi connectivity index (χ0) is 52.5. The Labute approximate surface area is 419 Å². The monoisotopic (exact) mass is 1000 g/mol. The van der Waals surface area contributed by atoms with Gasteiger partial charge >= 0.3 is 5.97 Å². The second-order valence-corrected chi connectivity index (χ2v) is 19.0. The standard InChI is InChI=1S/C48H74N6O14.C3H8/c1-32(45(60)50-35(46(61)62)29-33-13-8-7-9-14-33)44(65-6)36-17-12-21-53(36)41(58)30-37(64-5)43(34-15-10-11-16-34)52(4)42(59)31-49-47(63)48(2,3)51-38(55)20-23-66-25-27-68-28-26-67-24-22-54-39(56)18-19-40(54)57;1-3-2/h7-9,13-14,32,34-37,43-44H,10-12,15-31H2,1-6H3,(H,49,63)(H,50,60)(H,51,55)(H,61,62);3H2,1-2H3. The molecule has 20 heteroatoms. The summed E-state index contributed by atoms with van der Waals surface area (Å²) in [6.45, 7) is 10.7. The summed E-state index contributed by atoms with van der Waals surface area (Å²) in [6, 6.07) is 6.92. The highest BCUT2D eigenvalue weighted by atomic mass is 16.5. The van der Waals surface area contributed by atoms with E-state index in [1.807, 2.05) is 6.07 Å². The molecule has 1 aromatic carbocycles. The first-order chi connectivity index (χ1) is 33.9. The minimum absolute atomic E-state index is 0.0172. The third-order valence-electron chi connectivity index (χ3n) is 13.1. The first kappa shape index (κ1) is 60.3. The third kappa shape index (κ3) is 19.5. The molecule has 2 saturated heterocycles. The number of carboxylic acid groups (broad SMARTS) is 1. The van der Waals surface area contributed by atoms with Crippen molar-refractivity contribution in [3.63, 3.8) is 0 Å². The molecule has 1 aromatic rings. The molecule has 20 nitrogen and oxygen atoms in total. The number of hydrogen-bond donors (Lipinski definition) is 4. The number of carboxylic acids is 1. The Balaban J connectivity index is 0.00000432. The Kier molecular flexibility index (Phi) is 26.7. The van der Waals surface area contributed by atoms with E-state index in [2.05, 4.69) is 29.8 Å². The van der Waals surface area contributed by atoms with Crippen LogP contribution in [0.4, 0.5) is 0 Å². The molecule has 3 aliphatic rings. The molecule has 0 aromatic heterocycles. The number of carbonyl (C=O) groups is 8. The first-order valence-electron chi connectivity index (χ1n) is 25.2. The van der Waals surface area contributed by atoms with Gasteiger partial charge < -0.3 is 54.5 Å². The quantitative estimate of drug-likeness (QED) is 0.0640. The van der Waals surface area contributed by atoms with Crippen LogP contribution in [-0.2, 0) is 68.5 Å². The minimum atomic E-state index is -1.36. The molecule has 6 atom stereocenters. The van der Waals surface area contributed by atoms with Crippen LogP contribution in [0.3, 0.4) is 0 Å². The summed E-state index contributed by atoms with van der Waals surface area (Å²) in [5.74, 6) is -4.38. The number of likely N-dealkylation sites (tertiary alicyclic amines) is 2. The number of rotatable bonds is 30. The molecule has 0 spiro atoms. The Morgan fingerprint density at radius 1 is 0.845 bits per heavy atom. The lowest BCUT2D eigenvalue weighted by molar-refractivity contribution is -0.147. The molecule has 1 aliphatic carbocycles. The van der Waals surface area contributed by atoms with Crippen LogP contribution in [0.5, 0.6) is 0 Å². The summed E-state index contributed by atoms with van der Waals surface area (Å²) in [5.41, 5.74) is -0.592. The van der Waals surface area contributed by atoms with Gasteiger partial charge in [0.2, 0.25) is 41.4 Å². The fourth-order valence-electron chi connectivity index (χ4n) is 9.31. The van der Waals surface area contributed by atoms with Crippen LogP contribution in [0.25, 0.3) is 0 Å². The van der Waals surface area contributed by atoms with Gasteiger partial charge in [0.1, 0.15) is 11.6 Å². The van der Waals surface area contributed by atoms with Gasteiger partial charge in [0.15, 0.2) is 0 Å². The molecule has 2 heterocycles. The fraction of sp³-hybridized carbons (Fsp3) is 0.725. The van der Waals surface area contributed by atoms with E-state index in [4.69, 9.17) is 23.7 Å². The lowest BCUT2D eigenvalue weighted by Crippen LogP contribution is -2.57. The minimum Gasteiger partial charge on any atom is -0.480 e. The summed E-state index contributed by atoms with van der Waals surface area (Å²) in [6.07, 6.45) is 5.19. The summed E-state index contributed by atoms with van der Waals surface area (Å²) in [7, 11) is 4.63. The van der Waals surface area contributed by atoms with E-state index in [-0.39, 0.29) is 108 Å². The van der Waals surface area contributed by atoms with Crippen LogP contribution in [0.15, 0.2) is 30.3 Å². The van der Waals surface area contributed by atoms with Gasteiger partial charge in [0.25, 0.3) is 0 Å². The Hall–Kier alpha value is -5.02. The Morgan fingerprint density at radius 3 is 2.01 bits per heavy atom. The van der Waals surface area contributed by atoms with Gasteiger partial charge in [0.05, 0.1) is 89.4 Å². The van der Waals surface area contributed by atoms with Gasteiger partial charge in [-0.2, -0.15) is 0 Å². The van der Waals surface area contributed by atoms with Crippen LogP contribution in [0, 0.1) is 11.8 Å². The second-order valence-electron chi connectivity index (χ2n) is 19.0. The maximum Gasteiger partial charge on any atom is 0.326 e. The molecule has 7 amide bonds. The molecule has 3 fully saturated rings. The van der Waals surface area contributed by atoms with Crippen LogP contribution in [-0.4, -0.2) is 184 Å². The maximum atomic E-state index is 14.2. The van der Waals surface area contributed by atoms with E-state index in [0.29, 0.717) is 19.4 Å². The van der Waals surface area contributed by atoms with Crippen molar-refractivity contribution in [1.82, 2.24) is 30.7 Å². The number of ether oxygens (including phenoxy) is 5. The molecule has 0 radical (unpaired) electrons. The van der Waals surface area contributed by atoms with Gasteiger partial charge in [-0.15, -0.1) is 0 Å². The number of benzene rings is 1. The Bertz CT molecular complexity index is 1850. The Morgan fingerprint density at radius 2 is 1.44 bits per heavy atom. The summed E-state index contributed by atoms with van der Waals surface area (Å²) >= 11 is 0. The van der Waals surface area contributed by atoms with Crippen molar-refractivity contribution < 1.29 is 67.1 Å². The first-order valence-corrected chi connectivity index (χ1v) is 25.2. The number of nitrogens with one attached hydrogen (secondary N) is 3. The number of carbonyl (C=O) groups excluding carboxylic acids is 7. The van der Waals surface area contributed by atoms with E-state index < -0.39 is 71.4 Å². The number of methoxy groups -OCH3 is 2. The SMILES string of the molecule is CCC.COC(CC(=O)N1CCCC1C(OC)C(C)C(=O)NC(Cc1ccccc1)C(=O)O)C(C1CCCC1)N(C)C(=O)CNC(=O)C(C)(C)NC(=O)CCOCCOCCOCCN1C(=O)CCC1=O. The molecule has 4 N–H and O–H groups in total. The van der Waals surface area contributed by atoms with E-state index in [9.17, 15) is 43.5 Å². The average molecular weight is 1000 g/mol. The smallest absolute Gasteiger partial charge is 0.326 e. The van der Waals surface area contributed by atoms with Gasteiger partial charge in [-0.25, -0.2) is 4.79 Å². The van der Waals surface area contributed by atoms with Gasteiger partial charge in [-0.05, 0) is 51.0 Å². The number of aliphatic carboxylic acids is 1. The number of likely N-dealkylation sites (N-methyl/N-ethyl adjacent to an activating group) is 1. The molecular weight excluding hydrogens is 921 g/mol. The average Bonchev–Trinajstić information content (AvgIpc) is 4.12. The molecule has 1 saturated carbocycles. The second kappa shape index (κ2) is 31.4. The van der Waals surface area contributed by atoms with Crippen LogP contribution < -0.4 is 16.0 Å². The summed E-state index contributed by atoms with van der Waals surface area (Å²) < 4.78 is 28.2. The molecule has 2 aliphatic heterocycles. The van der Waals surface area contributed by atoms with Crippen molar-refractivity contribution in [2.45, 2.75) is 148 Å². The van der Waals surface area contributed by atoms with Crippen molar-refractivity contribution in [1.29, 1.82) is 0 Å². The van der Waals surface area contributed by atoms with E-state index >= 15 is 0 Å². The van der Waals surface area contributed by atoms with Crippen molar-refractivity contribution in [2.75, 3.05) is 80.5 Å². The maximum absolute atomic E-state index is 14.2. The normalized spacial score (nSPS) is 18.2.